The largest absolute Gasteiger partial charge is 0.497 e. The smallest absolute Gasteiger partial charge is 0.408 e. The Morgan fingerprint density at radius 2 is 1.49 bits per heavy atom. The van der Waals surface area contributed by atoms with Crippen LogP contribution in [0.1, 0.15) is 52.6 Å². The van der Waals surface area contributed by atoms with Gasteiger partial charge in [-0.15, -0.1) is 6.58 Å². The maximum Gasteiger partial charge on any atom is 0.408 e. The van der Waals surface area contributed by atoms with Gasteiger partial charge in [0.15, 0.2) is 0 Å². The molecule has 6 rings (SSSR count). The van der Waals surface area contributed by atoms with Crippen LogP contribution in [0.25, 0.3) is 22.2 Å². The summed E-state index contributed by atoms with van der Waals surface area (Å²) < 4.78 is 45.7. The van der Waals surface area contributed by atoms with E-state index >= 15 is 0 Å². The van der Waals surface area contributed by atoms with E-state index in [1.165, 1.54) is 30.3 Å². The van der Waals surface area contributed by atoms with Crippen molar-refractivity contribution in [3.05, 3.63) is 127 Å². The zero-order valence-corrected chi connectivity index (χ0v) is 35.5. The van der Waals surface area contributed by atoms with Crippen molar-refractivity contribution in [2.24, 2.45) is 11.8 Å². The number of amides is 4. The van der Waals surface area contributed by atoms with E-state index in [0.29, 0.717) is 33.8 Å². The highest BCUT2D eigenvalue weighted by Crippen LogP contribution is 2.45. The number of ether oxygens (including phenoxy) is 3. The lowest BCUT2D eigenvalue weighted by molar-refractivity contribution is -0.133. The number of sulfonamides is 1. The first kappa shape index (κ1) is 43.8. The Morgan fingerprint density at radius 3 is 2.08 bits per heavy atom. The SMILES string of the molecule is C=CC1CC1(NC(=O)[C@@H](NC(=O)[C@@H](NC(=O)OC(C)(C)C)C(C)C)c1ccc(Oc2cc(-c3ccccc3)nc3cc(OC)ccc23)cc1)C(=O)NS(=O)(=O)c1ccccc1. The predicted octanol–water partition coefficient (Wildman–Crippen LogP) is 6.98. The van der Waals surface area contributed by atoms with Crippen LogP contribution in [0.15, 0.2) is 127 Å². The highest BCUT2D eigenvalue weighted by atomic mass is 32.2. The lowest BCUT2D eigenvalue weighted by Gasteiger charge is -2.28. The molecule has 0 saturated heterocycles. The Morgan fingerprint density at radius 1 is 0.852 bits per heavy atom. The van der Waals surface area contributed by atoms with Crippen molar-refractivity contribution >= 4 is 44.7 Å². The van der Waals surface area contributed by atoms with E-state index in [-0.39, 0.29) is 16.9 Å². The quantitative estimate of drug-likeness (QED) is 0.0800. The molecule has 4 amide bonds. The van der Waals surface area contributed by atoms with Crippen molar-refractivity contribution in [3.63, 3.8) is 0 Å². The van der Waals surface area contributed by atoms with Crippen molar-refractivity contribution in [2.75, 3.05) is 7.11 Å². The third-order valence-electron chi connectivity index (χ3n) is 9.99. The summed E-state index contributed by atoms with van der Waals surface area (Å²) in [5.74, 6) is -2.06. The molecule has 1 fully saturated rings. The number of nitrogens with one attached hydrogen (secondary N) is 4. The monoisotopic (exact) mass is 847 g/mol. The molecule has 2 unspecified atom stereocenters. The second-order valence-electron chi connectivity index (χ2n) is 16.0. The zero-order chi connectivity index (χ0) is 44.1. The molecule has 1 saturated carbocycles. The summed E-state index contributed by atoms with van der Waals surface area (Å²) in [6.45, 7) is 12.3. The van der Waals surface area contributed by atoms with Crippen LogP contribution in [0, 0.1) is 11.8 Å². The molecular weight excluding hydrogens is 799 g/mol. The van der Waals surface area contributed by atoms with Crippen LogP contribution in [0.2, 0.25) is 0 Å². The molecule has 15 heteroatoms. The number of rotatable bonds is 15. The van der Waals surface area contributed by atoms with E-state index in [4.69, 9.17) is 19.2 Å². The van der Waals surface area contributed by atoms with Crippen molar-refractivity contribution < 1.29 is 41.8 Å². The minimum absolute atomic E-state index is 0.0530. The van der Waals surface area contributed by atoms with Crippen LogP contribution in [0.4, 0.5) is 4.79 Å². The van der Waals surface area contributed by atoms with Gasteiger partial charge in [-0.25, -0.2) is 22.9 Å². The Bertz CT molecular complexity index is 2540. The zero-order valence-electron chi connectivity index (χ0n) is 34.7. The van der Waals surface area contributed by atoms with Crippen LogP contribution in [-0.2, 0) is 29.1 Å². The van der Waals surface area contributed by atoms with Gasteiger partial charge in [0, 0.05) is 29.0 Å². The number of fused-ring (bicyclic) bond motifs is 1. The fourth-order valence-corrected chi connectivity index (χ4v) is 7.76. The minimum atomic E-state index is -4.30. The van der Waals surface area contributed by atoms with Crippen LogP contribution in [-0.4, -0.2) is 61.5 Å². The van der Waals surface area contributed by atoms with Gasteiger partial charge in [0.05, 0.1) is 23.2 Å². The van der Waals surface area contributed by atoms with Crippen molar-refractivity contribution in [1.82, 2.24) is 25.7 Å². The van der Waals surface area contributed by atoms with Gasteiger partial charge >= 0.3 is 6.09 Å². The lowest BCUT2D eigenvalue weighted by Crippen LogP contribution is -2.56. The number of pyridine rings is 1. The normalized spacial score (nSPS) is 17.0. The lowest BCUT2D eigenvalue weighted by atomic mass is 10.0. The first-order valence-electron chi connectivity index (χ1n) is 19.6. The van der Waals surface area contributed by atoms with E-state index in [9.17, 15) is 27.6 Å². The Labute approximate surface area is 355 Å². The summed E-state index contributed by atoms with van der Waals surface area (Å²) in [5.41, 5.74) is -0.0762. The number of alkyl carbamates (subject to hydrolysis) is 1. The topological polar surface area (TPSA) is 191 Å². The molecule has 0 spiro atoms. The maximum atomic E-state index is 14.4. The van der Waals surface area contributed by atoms with Gasteiger partial charge in [-0.2, -0.15) is 0 Å². The number of benzene rings is 4. The van der Waals surface area contributed by atoms with Crippen molar-refractivity contribution in [3.8, 4) is 28.5 Å². The second-order valence-corrected chi connectivity index (χ2v) is 17.7. The second kappa shape index (κ2) is 17.9. The van der Waals surface area contributed by atoms with E-state index in [1.807, 2.05) is 48.5 Å². The molecule has 4 N–H and O–H groups in total. The Hall–Kier alpha value is -6.74. The summed E-state index contributed by atoms with van der Waals surface area (Å²) in [6, 6.07) is 28.1. The average Bonchev–Trinajstić information content (AvgIpc) is 3.95. The van der Waals surface area contributed by atoms with Gasteiger partial charge in [-0.3, -0.25) is 14.4 Å². The van der Waals surface area contributed by atoms with E-state index in [2.05, 4.69) is 27.3 Å². The van der Waals surface area contributed by atoms with Crippen molar-refractivity contribution in [1.29, 1.82) is 0 Å². The summed E-state index contributed by atoms with van der Waals surface area (Å²) >= 11 is 0. The molecular formula is C46H49N5O9S. The fraction of sp³-hybridized carbons (Fsp3) is 0.283. The molecule has 4 atom stereocenters. The van der Waals surface area contributed by atoms with Gasteiger partial charge in [-0.1, -0.05) is 80.6 Å². The van der Waals surface area contributed by atoms with Crippen LogP contribution in [0.5, 0.6) is 17.2 Å². The summed E-state index contributed by atoms with van der Waals surface area (Å²) in [4.78, 5) is 59.7. The summed E-state index contributed by atoms with van der Waals surface area (Å²) in [6.07, 6.45) is 0.677. The first-order valence-corrected chi connectivity index (χ1v) is 21.1. The van der Waals surface area contributed by atoms with Gasteiger partial charge in [0.2, 0.25) is 11.8 Å². The van der Waals surface area contributed by atoms with Crippen LogP contribution >= 0.6 is 0 Å². The number of hydrogen-bond donors (Lipinski definition) is 4. The summed E-state index contributed by atoms with van der Waals surface area (Å²) in [7, 11) is -2.73. The van der Waals surface area contributed by atoms with Gasteiger partial charge in [-0.05, 0) is 75.1 Å². The number of carbonyl (C=O) groups is 4. The molecule has 1 aliphatic carbocycles. The predicted molar refractivity (Wildman–Crippen MR) is 230 cm³/mol. The maximum absolute atomic E-state index is 14.4. The number of aromatic nitrogens is 1. The van der Waals surface area contributed by atoms with E-state index in [1.54, 1.807) is 78.1 Å². The number of nitrogens with zero attached hydrogens (tertiary/aromatic N) is 1. The molecule has 1 aliphatic rings. The third kappa shape index (κ3) is 10.4. The molecule has 318 valence electrons. The highest BCUT2D eigenvalue weighted by Gasteiger charge is 2.61. The Balaban J connectivity index is 1.32. The number of carbonyl (C=O) groups excluding carboxylic acids is 4. The molecule has 4 aromatic carbocycles. The highest BCUT2D eigenvalue weighted by molar-refractivity contribution is 7.90. The van der Waals surface area contributed by atoms with Crippen molar-refractivity contribution in [2.45, 2.75) is 69.2 Å². The Kier molecular flexibility index (Phi) is 12.8. The van der Waals surface area contributed by atoms with Gasteiger partial charge < -0.3 is 30.2 Å². The average molecular weight is 848 g/mol. The molecule has 61 heavy (non-hydrogen) atoms. The fourth-order valence-electron chi connectivity index (χ4n) is 6.70. The molecule has 1 aromatic heterocycles. The summed E-state index contributed by atoms with van der Waals surface area (Å²) in [5, 5.41) is 8.79. The first-order chi connectivity index (χ1) is 28.9. The van der Waals surface area contributed by atoms with Gasteiger partial charge in [0.25, 0.3) is 15.9 Å². The minimum Gasteiger partial charge on any atom is -0.497 e. The van der Waals surface area contributed by atoms with Gasteiger partial charge in [0.1, 0.15) is 40.5 Å². The molecule has 0 aliphatic heterocycles. The third-order valence-corrected chi connectivity index (χ3v) is 11.3. The molecule has 0 radical (unpaired) electrons. The van der Waals surface area contributed by atoms with E-state index < -0.39 is 68.9 Å². The molecule has 5 aromatic rings. The molecule has 1 heterocycles. The number of methoxy groups -OCH3 is 1. The number of hydrogen-bond acceptors (Lipinski definition) is 10. The molecule has 0 bridgehead atoms. The molecule has 14 nitrogen and oxygen atoms in total. The van der Waals surface area contributed by atoms with Crippen LogP contribution < -0.4 is 30.1 Å². The standard InChI is InChI=1S/C46H49N5O9S/c1-8-31-27-46(31,43(54)51-61(56,57)34-17-13-10-14-18-34)50-42(53)40(48-41(52)39(28(2)3)49-44(55)60-45(4,5)6)30-19-21-32(22-20-30)59-38-26-36(29-15-11-9-12-16-29)47-37-25-33(58-7)23-24-35(37)38/h8-26,28,31,39-40H,1,27H2,2-7H3,(H,48,52)(H,49,55)(H,50,53)(H,51,54)/t31?,39-,40-,46?/m0/s1. The van der Waals surface area contributed by atoms with Crippen LogP contribution in [0.3, 0.4) is 0 Å². The van der Waals surface area contributed by atoms with E-state index in [0.717, 1.165) is 5.56 Å².